The lowest BCUT2D eigenvalue weighted by Crippen LogP contribution is -2.24. The molecule has 0 unspecified atom stereocenters. The average molecular weight is 380 g/mol. The number of hydrogen-bond donors (Lipinski definition) is 3. The zero-order valence-electron chi connectivity index (χ0n) is 16.4. The first-order chi connectivity index (χ1) is 13.8. The van der Waals surface area contributed by atoms with Crippen LogP contribution in [0.5, 0.6) is 0 Å². The average Bonchev–Trinajstić information content (AvgIpc) is 3.12. The van der Waals surface area contributed by atoms with E-state index in [2.05, 4.69) is 54.0 Å². The molecule has 2 aromatic carbocycles. The molecule has 3 N–H and O–H groups in total. The van der Waals surface area contributed by atoms with Crippen molar-refractivity contribution in [1.29, 1.82) is 0 Å². The van der Waals surface area contributed by atoms with Crippen molar-refractivity contribution in [2.75, 3.05) is 26.2 Å². The molecule has 148 valence electrons. The number of aliphatic hydroxyl groups is 1. The van der Waals surface area contributed by atoms with Crippen LogP contribution in [0.4, 0.5) is 0 Å². The summed E-state index contributed by atoms with van der Waals surface area (Å²) in [5.74, 6) is 0. The van der Waals surface area contributed by atoms with Crippen LogP contribution in [0, 0.1) is 6.92 Å². The Hall–Kier alpha value is -2.54. The zero-order chi connectivity index (χ0) is 19.6. The number of aryl methyl sites for hydroxylation is 1. The van der Waals surface area contributed by atoms with E-state index < -0.39 is 0 Å². The summed E-state index contributed by atoms with van der Waals surface area (Å²) in [6.45, 7) is 6.02. The Morgan fingerprint density at radius 1 is 0.893 bits per heavy atom. The highest BCUT2D eigenvalue weighted by molar-refractivity contribution is 5.60. The molecule has 1 aromatic heterocycles. The minimum absolute atomic E-state index is 0.179. The van der Waals surface area contributed by atoms with Crippen LogP contribution in [0.2, 0.25) is 0 Å². The third-order valence-electron chi connectivity index (χ3n) is 4.50. The summed E-state index contributed by atoms with van der Waals surface area (Å²) in [4.78, 5) is 1.78. The van der Waals surface area contributed by atoms with Gasteiger partial charge < -0.3 is 15.7 Å². The molecule has 0 atom stereocenters. The Bertz CT molecular complexity index is 830. The van der Waals surface area contributed by atoms with Crippen molar-refractivity contribution in [3.8, 4) is 11.3 Å². The number of aromatic nitrogens is 3. The summed E-state index contributed by atoms with van der Waals surface area (Å²) in [7, 11) is 0. The fourth-order valence-corrected chi connectivity index (χ4v) is 3.00. The first-order valence-corrected chi connectivity index (χ1v) is 9.83. The van der Waals surface area contributed by atoms with E-state index in [1.54, 1.807) is 4.80 Å². The van der Waals surface area contributed by atoms with Gasteiger partial charge in [0.1, 0.15) is 11.4 Å². The van der Waals surface area contributed by atoms with Gasteiger partial charge in [0, 0.05) is 18.7 Å². The minimum Gasteiger partial charge on any atom is -0.395 e. The summed E-state index contributed by atoms with van der Waals surface area (Å²) in [5.41, 5.74) is 5.41. The van der Waals surface area contributed by atoms with Gasteiger partial charge in [-0.2, -0.15) is 15.0 Å². The number of benzene rings is 2. The molecule has 0 aliphatic carbocycles. The molecular weight excluding hydrogens is 350 g/mol. The van der Waals surface area contributed by atoms with Gasteiger partial charge in [-0.3, -0.25) is 0 Å². The van der Waals surface area contributed by atoms with Crippen LogP contribution in [0.1, 0.15) is 23.2 Å². The molecule has 0 saturated heterocycles. The standard InChI is InChI=1S/C22H29N5O/c1-18-8-10-19(11-9-18)17-27-25-21(16-24-13-5-12-23-14-15-28)22(26-27)20-6-3-2-4-7-20/h2-4,6-11,23-24,28H,5,12-17H2,1H3. The monoisotopic (exact) mass is 379 g/mol. The van der Waals surface area contributed by atoms with Crippen LogP contribution >= 0.6 is 0 Å². The quantitative estimate of drug-likeness (QED) is 0.446. The molecule has 0 aliphatic heterocycles. The Balaban J connectivity index is 1.66. The van der Waals surface area contributed by atoms with Crippen molar-refractivity contribution in [3.05, 3.63) is 71.4 Å². The Kier molecular flexibility index (Phi) is 7.72. The zero-order valence-corrected chi connectivity index (χ0v) is 16.4. The van der Waals surface area contributed by atoms with Gasteiger partial charge in [0.05, 0.1) is 13.2 Å². The van der Waals surface area contributed by atoms with Crippen LogP contribution in [-0.4, -0.2) is 46.3 Å². The topological polar surface area (TPSA) is 75.0 Å². The summed E-state index contributed by atoms with van der Waals surface area (Å²) in [6.07, 6.45) is 0.998. The first-order valence-electron chi connectivity index (χ1n) is 9.83. The number of hydrogen-bond acceptors (Lipinski definition) is 5. The smallest absolute Gasteiger partial charge is 0.117 e. The van der Waals surface area contributed by atoms with E-state index >= 15 is 0 Å². The first kappa shape index (κ1) is 20.2. The van der Waals surface area contributed by atoms with Crippen LogP contribution in [0.25, 0.3) is 11.3 Å². The third kappa shape index (κ3) is 5.99. The van der Waals surface area contributed by atoms with Crippen molar-refractivity contribution in [2.24, 2.45) is 0 Å². The van der Waals surface area contributed by atoms with E-state index in [-0.39, 0.29) is 6.61 Å². The van der Waals surface area contributed by atoms with Gasteiger partial charge in [0.15, 0.2) is 0 Å². The Morgan fingerprint density at radius 2 is 1.64 bits per heavy atom. The van der Waals surface area contributed by atoms with Gasteiger partial charge in [0.2, 0.25) is 0 Å². The molecule has 1 heterocycles. The number of rotatable bonds is 11. The van der Waals surface area contributed by atoms with Crippen molar-refractivity contribution >= 4 is 0 Å². The molecule has 0 radical (unpaired) electrons. The van der Waals surface area contributed by atoms with E-state index in [1.807, 2.05) is 18.2 Å². The predicted octanol–water partition coefficient (Wildman–Crippen LogP) is 2.36. The van der Waals surface area contributed by atoms with E-state index in [0.29, 0.717) is 19.6 Å². The highest BCUT2D eigenvalue weighted by atomic mass is 16.3. The minimum atomic E-state index is 0.179. The van der Waals surface area contributed by atoms with E-state index in [9.17, 15) is 0 Å². The molecule has 0 amide bonds. The van der Waals surface area contributed by atoms with Gasteiger partial charge in [-0.05, 0) is 32.0 Å². The Morgan fingerprint density at radius 3 is 2.39 bits per heavy atom. The molecule has 6 nitrogen and oxygen atoms in total. The fourth-order valence-electron chi connectivity index (χ4n) is 3.00. The van der Waals surface area contributed by atoms with Gasteiger partial charge in [-0.25, -0.2) is 0 Å². The normalized spacial score (nSPS) is 11.1. The van der Waals surface area contributed by atoms with Crippen LogP contribution in [0.15, 0.2) is 54.6 Å². The largest absolute Gasteiger partial charge is 0.395 e. The van der Waals surface area contributed by atoms with Gasteiger partial charge in [-0.1, -0.05) is 60.2 Å². The number of nitrogens with zero attached hydrogens (tertiary/aromatic N) is 3. The van der Waals surface area contributed by atoms with E-state index in [4.69, 9.17) is 15.3 Å². The molecule has 3 rings (SSSR count). The highest BCUT2D eigenvalue weighted by Gasteiger charge is 2.13. The lowest BCUT2D eigenvalue weighted by atomic mass is 10.1. The summed E-state index contributed by atoms with van der Waals surface area (Å²) in [5, 5.41) is 24.9. The third-order valence-corrected chi connectivity index (χ3v) is 4.50. The maximum atomic E-state index is 8.78. The molecule has 0 saturated carbocycles. The molecular formula is C22H29N5O. The van der Waals surface area contributed by atoms with Crippen molar-refractivity contribution in [1.82, 2.24) is 25.6 Å². The van der Waals surface area contributed by atoms with Gasteiger partial charge in [0.25, 0.3) is 0 Å². The van der Waals surface area contributed by atoms with Crippen LogP contribution in [0.3, 0.4) is 0 Å². The highest BCUT2D eigenvalue weighted by Crippen LogP contribution is 2.20. The van der Waals surface area contributed by atoms with Crippen LogP contribution < -0.4 is 10.6 Å². The number of aliphatic hydroxyl groups excluding tert-OH is 1. The van der Waals surface area contributed by atoms with E-state index in [1.165, 1.54) is 11.1 Å². The van der Waals surface area contributed by atoms with E-state index in [0.717, 1.165) is 36.5 Å². The van der Waals surface area contributed by atoms with Crippen molar-refractivity contribution in [3.63, 3.8) is 0 Å². The summed E-state index contributed by atoms with van der Waals surface area (Å²) < 4.78 is 0. The molecule has 3 aromatic rings. The summed E-state index contributed by atoms with van der Waals surface area (Å²) >= 11 is 0. The second kappa shape index (κ2) is 10.7. The number of nitrogens with one attached hydrogen (secondary N) is 2. The lowest BCUT2D eigenvalue weighted by Gasteiger charge is -2.05. The maximum Gasteiger partial charge on any atom is 0.117 e. The molecule has 28 heavy (non-hydrogen) atoms. The molecule has 0 fully saturated rings. The molecule has 6 heteroatoms. The Labute approximate surface area is 166 Å². The SMILES string of the molecule is Cc1ccc(Cn2nc(CNCCCNCCO)c(-c3ccccc3)n2)cc1. The lowest BCUT2D eigenvalue weighted by molar-refractivity contribution is 0.292. The molecule has 0 bridgehead atoms. The maximum absolute atomic E-state index is 8.78. The van der Waals surface area contributed by atoms with Gasteiger partial charge >= 0.3 is 0 Å². The fraction of sp³-hybridized carbons (Fsp3) is 0.364. The van der Waals surface area contributed by atoms with Crippen LogP contribution in [-0.2, 0) is 13.1 Å². The molecule has 0 spiro atoms. The summed E-state index contributed by atoms with van der Waals surface area (Å²) in [6, 6.07) is 18.7. The van der Waals surface area contributed by atoms with Gasteiger partial charge in [-0.15, -0.1) is 0 Å². The van der Waals surface area contributed by atoms with Crippen molar-refractivity contribution < 1.29 is 5.11 Å². The van der Waals surface area contributed by atoms with Crippen molar-refractivity contribution in [2.45, 2.75) is 26.4 Å². The predicted molar refractivity (Wildman–Crippen MR) is 112 cm³/mol. The molecule has 0 aliphatic rings. The second-order valence-corrected chi connectivity index (χ2v) is 6.88. The second-order valence-electron chi connectivity index (χ2n) is 6.88.